The topological polar surface area (TPSA) is 73.6 Å². The highest BCUT2D eigenvalue weighted by molar-refractivity contribution is 5.97. The van der Waals surface area contributed by atoms with Gasteiger partial charge in [-0.15, -0.1) is 12.4 Å². The number of hydrogen-bond donors (Lipinski definition) is 2. The van der Waals surface area contributed by atoms with E-state index < -0.39 is 0 Å². The number of ether oxygens (including phenoxy) is 2. The second kappa shape index (κ2) is 9.47. The normalized spacial score (nSPS) is 11.5. The first-order valence-electron chi connectivity index (χ1n) is 6.74. The fourth-order valence-electron chi connectivity index (χ4n) is 2.04. The lowest BCUT2D eigenvalue weighted by Gasteiger charge is -2.19. The molecule has 0 aliphatic heterocycles. The van der Waals surface area contributed by atoms with E-state index in [1.807, 2.05) is 0 Å². The summed E-state index contributed by atoms with van der Waals surface area (Å²) in [6.45, 7) is 4.61. The van der Waals surface area contributed by atoms with Crippen molar-refractivity contribution in [1.29, 1.82) is 0 Å². The van der Waals surface area contributed by atoms with Gasteiger partial charge in [-0.05, 0) is 30.5 Å². The van der Waals surface area contributed by atoms with Crippen LogP contribution in [0.5, 0.6) is 11.5 Å². The standard InChI is InChI=1S/C15H24N2O3.ClH/c1-10(2)7-11(9-16)17-15(18)13-8-12(19-3)5-6-14(13)20-4;/h5-6,8,10-11H,7,9,16H2,1-4H3,(H,17,18);1H. The van der Waals surface area contributed by atoms with Crippen molar-refractivity contribution in [2.24, 2.45) is 11.7 Å². The van der Waals surface area contributed by atoms with Gasteiger partial charge in [-0.3, -0.25) is 4.79 Å². The van der Waals surface area contributed by atoms with Crippen molar-refractivity contribution in [2.75, 3.05) is 20.8 Å². The molecule has 1 atom stereocenters. The summed E-state index contributed by atoms with van der Waals surface area (Å²) in [6.07, 6.45) is 0.842. The molecule has 1 amide bonds. The first kappa shape index (κ1) is 19.5. The zero-order valence-electron chi connectivity index (χ0n) is 13.0. The molecular weight excluding hydrogens is 292 g/mol. The van der Waals surface area contributed by atoms with Crippen LogP contribution in [0.3, 0.4) is 0 Å². The van der Waals surface area contributed by atoms with Gasteiger partial charge in [0.2, 0.25) is 0 Å². The monoisotopic (exact) mass is 316 g/mol. The summed E-state index contributed by atoms with van der Waals surface area (Å²) >= 11 is 0. The number of methoxy groups -OCH3 is 2. The Morgan fingerprint density at radius 1 is 1.29 bits per heavy atom. The Morgan fingerprint density at radius 3 is 2.43 bits per heavy atom. The van der Waals surface area contributed by atoms with E-state index in [1.165, 1.54) is 7.11 Å². The van der Waals surface area contributed by atoms with Crippen LogP contribution in [0.1, 0.15) is 30.6 Å². The van der Waals surface area contributed by atoms with Crippen molar-refractivity contribution in [1.82, 2.24) is 5.32 Å². The molecule has 0 radical (unpaired) electrons. The van der Waals surface area contributed by atoms with E-state index in [4.69, 9.17) is 15.2 Å². The molecule has 0 bridgehead atoms. The van der Waals surface area contributed by atoms with Gasteiger partial charge in [0.1, 0.15) is 11.5 Å². The number of amides is 1. The quantitative estimate of drug-likeness (QED) is 0.809. The fourth-order valence-corrected chi connectivity index (χ4v) is 2.04. The predicted octanol–water partition coefficient (Wildman–Crippen LogP) is 2.23. The smallest absolute Gasteiger partial charge is 0.255 e. The number of hydrogen-bond acceptors (Lipinski definition) is 4. The summed E-state index contributed by atoms with van der Waals surface area (Å²) in [6, 6.07) is 5.09. The first-order chi connectivity index (χ1) is 9.51. The molecule has 3 N–H and O–H groups in total. The lowest BCUT2D eigenvalue weighted by Crippen LogP contribution is -2.41. The van der Waals surface area contributed by atoms with E-state index in [1.54, 1.807) is 25.3 Å². The van der Waals surface area contributed by atoms with Crippen LogP contribution < -0.4 is 20.5 Å². The summed E-state index contributed by atoms with van der Waals surface area (Å²) in [4.78, 5) is 12.3. The van der Waals surface area contributed by atoms with Gasteiger partial charge in [-0.1, -0.05) is 13.8 Å². The minimum absolute atomic E-state index is 0. The Balaban J connectivity index is 0.00000400. The number of halogens is 1. The molecule has 21 heavy (non-hydrogen) atoms. The molecule has 0 fully saturated rings. The first-order valence-corrected chi connectivity index (χ1v) is 6.74. The third kappa shape index (κ3) is 5.81. The molecule has 0 aliphatic rings. The summed E-state index contributed by atoms with van der Waals surface area (Å²) < 4.78 is 10.4. The zero-order valence-corrected chi connectivity index (χ0v) is 13.8. The Labute approximate surface area is 132 Å². The van der Waals surface area contributed by atoms with Crippen molar-refractivity contribution >= 4 is 18.3 Å². The number of carbonyl (C=O) groups is 1. The molecule has 0 spiro atoms. The van der Waals surface area contributed by atoms with Gasteiger partial charge >= 0.3 is 0 Å². The lowest BCUT2D eigenvalue weighted by atomic mass is 10.0. The van der Waals surface area contributed by atoms with Crippen LogP contribution in [0.15, 0.2) is 18.2 Å². The Morgan fingerprint density at radius 2 is 1.95 bits per heavy atom. The van der Waals surface area contributed by atoms with E-state index in [0.717, 1.165) is 6.42 Å². The van der Waals surface area contributed by atoms with Crippen molar-refractivity contribution < 1.29 is 14.3 Å². The Bertz CT molecular complexity index is 453. The lowest BCUT2D eigenvalue weighted by molar-refractivity contribution is 0.0930. The summed E-state index contributed by atoms with van der Waals surface area (Å²) in [5, 5.41) is 2.94. The largest absolute Gasteiger partial charge is 0.497 e. The molecule has 0 saturated carbocycles. The summed E-state index contributed by atoms with van der Waals surface area (Å²) in [7, 11) is 3.10. The second-order valence-electron chi connectivity index (χ2n) is 5.10. The number of benzene rings is 1. The van der Waals surface area contributed by atoms with Crippen LogP contribution in [0.4, 0.5) is 0 Å². The molecule has 120 valence electrons. The predicted molar refractivity (Wildman–Crippen MR) is 86.6 cm³/mol. The van der Waals surface area contributed by atoms with Crippen LogP contribution in [0, 0.1) is 5.92 Å². The van der Waals surface area contributed by atoms with E-state index in [-0.39, 0.29) is 24.4 Å². The molecular formula is C15H25ClN2O3. The minimum atomic E-state index is -0.197. The van der Waals surface area contributed by atoms with Crippen LogP contribution in [0.25, 0.3) is 0 Å². The molecule has 1 aromatic rings. The van der Waals surface area contributed by atoms with E-state index in [0.29, 0.717) is 29.5 Å². The third-order valence-corrected chi connectivity index (χ3v) is 3.03. The Kier molecular flexibility index (Phi) is 8.81. The van der Waals surface area contributed by atoms with E-state index in [2.05, 4.69) is 19.2 Å². The van der Waals surface area contributed by atoms with Crippen molar-refractivity contribution in [2.45, 2.75) is 26.3 Å². The van der Waals surface area contributed by atoms with Crippen LogP contribution in [-0.2, 0) is 0 Å². The second-order valence-corrected chi connectivity index (χ2v) is 5.10. The highest BCUT2D eigenvalue weighted by Crippen LogP contribution is 2.24. The summed E-state index contributed by atoms with van der Waals surface area (Å²) in [5.74, 6) is 1.40. The number of nitrogens with two attached hydrogens (primary N) is 1. The van der Waals surface area contributed by atoms with E-state index in [9.17, 15) is 4.79 Å². The van der Waals surface area contributed by atoms with Gasteiger partial charge in [-0.2, -0.15) is 0 Å². The molecule has 6 heteroatoms. The average Bonchev–Trinajstić information content (AvgIpc) is 2.45. The van der Waals surface area contributed by atoms with Crippen LogP contribution >= 0.6 is 12.4 Å². The number of rotatable bonds is 7. The third-order valence-electron chi connectivity index (χ3n) is 3.03. The molecule has 0 saturated heterocycles. The van der Waals surface area contributed by atoms with Crippen LogP contribution in [0.2, 0.25) is 0 Å². The molecule has 0 aliphatic carbocycles. The molecule has 1 rings (SSSR count). The van der Waals surface area contributed by atoms with E-state index >= 15 is 0 Å². The minimum Gasteiger partial charge on any atom is -0.497 e. The van der Waals surface area contributed by atoms with Gasteiger partial charge in [-0.25, -0.2) is 0 Å². The SMILES string of the molecule is COc1ccc(OC)c(C(=O)NC(CN)CC(C)C)c1.Cl. The van der Waals surface area contributed by atoms with Gasteiger partial charge in [0.05, 0.1) is 19.8 Å². The van der Waals surface area contributed by atoms with Gasteiger partial charge in [0, 0.05) is 12.6 Å². The van der Waals surface area contributed by atoms with Crippen LogP contribution in [-0.4, -0.2) is 32.7 Å². The highest BCUT2D eigenvalue weighted by Gasteiger charge is 2.17. The average molecular weight is 317 g/mol. The Hall–Kier alpha value is -1.46. The molecule has 0 aromatic heterocycles. The number of carbonyl (C=O) groups excluding carboxylic acids is 1. The summed E-state index contributed by atoms with van der Waals surface area (Å²) in [5.41, 5.74) is 6.16. The van der Waals surface area contributed by atoms with Crippen molar-refractivity contribution in [3.8, 4) is 11.5 Å². The van der Waals surface area contributed by atoms with Gasteiger partial charge in [0.25, 0.3) is 5.91 Å². The van der Waals surface area contributed by atoms with Gasteiger partial charge < -0.3 is 20.5 Å². The maximum atomic E-state index is 12.3. The molecule has 1 aromatic carbocycles. The highest BCUT2D eigenvalue weighted by atomic mass is 35.5. The van der Waals surface area contributed by atoms with Crippen molar-refractivity contribution in [3.63, 3.8) is 0 Å². The maximum absolute atomic E-state index is 12.3. The molecule has 1 unspecified atom stereocenters. The maximum Gasteiger partial charge on any atom is 0.255 e. The number of nitrogens with one attached hydrogen (secondary N) is 1. The van der Waals surface area contributed by atoms with Crippen molar-refractivity contribution in [3.05, 3.63) is 23.8 Å². The van der Waals surface area contributed by atoms with Gasteiger partial charge in [0.15, 0.2) is 0 Å². The molecule has 0 heterocycles. The fraction of sp³-hybridized carbons (Fsp3) is 0.533. The molecule has 5 nitrogen and oxygen atoms in total. The zero-order chi connectivity index (χ0) is 15.1.